The Morgan fingerprint density at radius 1 is 1.15 bits per heavy atom. The molecule has 1 aliphatic carbocycles. The van der Waals surface area contributed by atoms with Crippen LogP contribution in [0.1, 0.15) is 40.3 Å². The fraction of sp³-hybridized carbons (Fsp3) is 0.348. The monoisotopic (exact) mass is 478 g/mol. The minimum Gasteiger partial charge on any atom is -0.327 e. The molecule has 2 aromatic carbocycles. The molecule has 6 nitrogen and oxygen atoms in total. The molecule has 0 amide bonds. The Bertz CT molecular complexity index is 1240. The summed E-state index contributed by atoms with van der Waals surface area (Å²) in [7, 11) is -3.18. The summed E-state index contributed by atoms with van der Waals surface area (Å²) in [4.78, 5) is -0.889. The SMILES string of the molecule is Cn1cc(S(=O)(=O)NCc2ccc3c(c2)C(Cc2ccccc2)C(N)CC3)c(C(F)(F)F)n1. The van der Waals surface area contributed by atoms with Gasteiger partial charge in [0.25, 0.3) is 0 Å². The average molecular weight is 479 g/mol. The molecule has 0 aliphatic heterocycles. The van der Waals surface area contributed by atoms with Gasteiger partial charge in [0, 0.05) is 31.7 Å². The largest absolute Gasteiger partial charge is 0.436 e. The molecule has 3 N–H and O–H groups in total. The van der Waals surface area contributed by atoms with Crippen LogP contribution >= 0.6 is 0 Å². The zero-order valence-electron chi connectivity index (χ0n) is 18.0. The fourth-order valence-corrected chi connectivity index (χ4v) is 5.54. The van der Waals surface area contributed by atoms with Crippen LogP contribution in [0.4, 0.5) is 13.2 Å². The first-order chi connectivity index (χ1) is 15.5. The standard InChI is InChI=1S/C23H25F3N4O2S/c1-30-14-21(22(29-30)23(24,25)26)33(31,32)28-13-16-7-8-17-9-10-20(27)19(18(17)12-16)11-15-5-3-2-4-6-15/h2-8,12,14,19-20,28H,9-11,13,27H2,1H3. The lowest BCUT2D eigenvalue weighted by atomic mass is 9.76. The highest BCUT2D eigenvalue weighted by Gasteiger charge is 2.41. The molecular formula is C23H25F3N4O2S. The number of rotatable bonds is 6. The second-order valence-electron chi connectivity index (χ2n) is 8.37. The number of nitrogens with zero attached hydrogens (tertiary/aromatic N) is 2. The van der Waals surface area contributed by atoms with E-state index in [1.165, 1.54) is 7.05 Å². The highest BCUT2D eigenvalue weighted by molar-refractivity contribution is 7.89. The van der Waals surface area contributed by atoms with Gasteiger partial charge in [-0.3, -0.25) is 4.68 Å². The Hall–Kier alpha value is -2.69. The molecule has 2 atom stereocenters. The molecule has 0 radical (unpaired) electrons. The molecule has 4 rings (SSSR count). The second kappa shape index (κ2) is 8.92. The molecule has 10 heteroatoms. The van der Waals surface area contributed by atoms with Crippen molar-refractivity contribution in [3.63, 3.8) is 0 Å². The second-order valence-corrected chi connectivity index (χ2v) is 10.1. The summed E-state index contributed by atoms with van der Waals surface area (Å²) in [5, 5.41) is 3.28. The maximum atomic E-state index is 13.2. The number of fused-ring (bicyclic) bond motifs is 1. The number of hydrogen-bond donors (Lipinski definition) is 2. The summed E-state index contributed by atoms with van der Waals surface area (Å²) in [6, 6.07) is 15.6. The summed E-state index contributed by atoms with van der Waals surface area (Å²) in [6.07, 6.45) is -1.57. The van der Waals surface area contributed by atoms with Gasteiger partial charge < -0.3 is 5.73 Å². The molecule has 1 aromatic heterocycles. The van der Waals surface area contributed by atoms with Crippen molar-refractivity contribution in [2.45, 2.75) is 48.8 Å². The number of sulfonamides is 1. The number of hydrogen-bond acceptors (Lipinski definition) is 4. The Morgan fingerprint density at radius 3 is 2.58 bits per heavy atom. The molecule has 0 saturated carbocycles. The van der Waals surface area contributed by atoms with Crippen molar-refractivity contribution in [2.75, 3.05) is 0 Å². The first kappa shape index (κ1) is 23.5. The summed E-state index contributed by atoms with van der Waals surface area (Å²) in [5.41, 5.74) is 9.05. The van der Waals surface area contributed by atoms with Gasteiger partial charge in [-0.15, -0.1) is 0 Å². The van der Waals surface area contributed by atoms with Gasteiger partial charge in [0.1, 0.15) is 4.90 Å². The summed E-state index contributed by atoms with van der Waals surface area (Å²) in [5.74, 6) is 0.0721. The highest BCUT2D eigenvalue weighted by Crippen LogP contribution is 2.35. The number of nitrogens with one attached hydrogen (secondary N) is 1. The van der Waals surface area contributed by atoms with Crippen LogP contribution in [0, 0.1) is 0 Å². The van der Waals surface area contributed by atoms with E-state index in [0.29, 0.717) is 5.56 Å². The number of aryl methyl sites for hydroxylation is 2. The number of aromatic nitrogens is 2. The van der Waals surface area contributed by atoms with Crippen LogP contribution in [0.15, 0.2) is 59.6 Å². The van der Waals surface area contributed by atoms with Crippen LogP contribution in [-0.4, -0.2) is 24.2 Å². The van der Waals surface area contributed by atoms with Crippen LogP contribution in [0.5, 0.6) is 0 Å². The third-order valence-corrected chi connectivity index (χ3v) is 7.39. The van der Waals surface area contributed by atoms with Crippen LogP contribution < -0.4 is 10.5 Å². The van der Waals surface area contributed by atoms with E-state index in [0.717, 1.165) is 46.8 Å². The molecular weight excluding hydrogens is 453 g/mol. The van der Waals surface area contributed by atoms with Crippen molar-refractivity contribution < 1.29 is 21.6 Å². The van der Waals surface area contributed by atoms with Crippen LogP contribution in [0.3, 0.4) is 0 Å². The third-order valence-electron chi connectivity index (χ3n) is 5.99. The number of benzene rings is 2. The maximum Gasteiger partial charge on any atom is 0.436 e. The molecule has 176 valence electrons. The smallest absolute Gasteiger partial charge is 0.327 e. The first-order valence-corrected chi connectivity index (χ1v) is 12.0. The highest BCUT2D eigenvalue weighted by atomic mass is 32.2. The van der Waals surface area contributed by atoms with Crippen molar-refractivity contribution in [3.8, 4) is 0 Å². The lowest BCUT2D eigenvalue weighted by Gasteiger charge is -2.32. The van der Waals surface area contributed by atoms with Crippen molar-refractivity contribution >= 4 is 10.0 Å². The molecule has 0 spiro atoms. The molecule has 0 saturated heterocycles. The van der Waals surface area contributed by atoms with Crippen molar-refractivity contribution in [3.05, 3.63) is 82.7 Å². The maximum absolute atomic E-state index is 13.2. The first-order valence-electron chi connectivity index (χ1n) is 10.6. The Kier molecular flexibility index (Phi) is 6.35. The van der Waals surface area contributed by atoms with Crippen molar-refractivity contribution in [1.29, 1.82) is 0 Å². The van der Waals surface area contributed by atoms with Gasteiger partial charge in [-0.1, -0.05) is 48.5 Å². The van der Waals surface area contributed by atoms with Gasteiger partial charge in [0.15, 0.2) is 5.69 Å². The Morgan fingerprint density at radius 2 is 1.88 bits per heavy atom. The summed E-state index contributed by atoms with van der Waals surface area (Å²) >= 11 is 0. The fourth-order valence-electron chi connectivity index (χ4n) is 4.33. The van der Waals surface area contributed by atoms with Gasteiger partial charge in [0.05, 0.1) is 0 Å². The van der Waals surface area contributed by atoms with E-state index in [9.17, 15) is 21.6 Å². The van der Waals surface area contributed by atoms with Gasteiger partial charge in [0.2, 0.25) is 10.0 Å². The average Bonchev–Trinajstić information content (AvgIpc) is 3.18. The number of alkyl halides is 3. The van der Waals surface area contributed by atoms with E-state index in [1.54, 1.807) is 6.07 Å². The lowest BCUT2D eigenvalue weighted by molar-refractivity contribution is -0.143. The zero-order valence-corrected chi connectivity index (χ0v) is 18.8. The lowest BCUT2D eigenvalue weighted by Crippen LogP contribution is -2.34. The molecule has 0 fully saturated rings. The summed E-state index contributed by atoms with van der Waals surface area (Å²) in [6.45, 7) is -0.144. The van der Waals surface area contributed by atoms with Gasteiger partial charge in [-0.05, 0) is 41.5 Å². The van der Waals surface area contributed by atoms with E-state index in [1.807, 2.05) is 42.5 Å². The normalized spacial score (nSPS) is 18.8. The Balaban J connectivity index is 1.57. The van der Waals surface area contributed by atoms with Gasteiger partial charge >= 0.3 is 6.18 Å². The van der Waals surface area contributed by atoms with E-state index in [-0.39, 0.29) is 18.5 Å². The van der Waals surface area contributed by atoms with E-state index in [4.69, 9.17) is 5.73 Å². The minimum absolute atomic E-state index is 0.0330. The van der Waals surface area contributed by atoms with Crippen LogP contribution in [-0.2, 0) is 42.6 Å². The predicted molar refractivity (Wildman–Crippen MR) is 118 cm³/mol. The molecule has 33 heavy (non-hydrogen) atoms. The zero-order chi connectivity index (χ0) is 23.8. The quantitative estimate of drug-likeness (QED) is 0.567. The van der Waals surface area contributed by atoms with Gasteiger partial charge in [-0.2, -0.15) is 18.3 Å². The topological polar surface area (TPSA) is 90.0 Å². The van der Waals surface area contributed by atoms with Crippen LogP contribution in [0.2, 0.25) is 0 Å². The van der Waals surface area contributed by atoms with Crippen LogP contribution in [0.25, 0.3) is 0 Å². The van der Waals surface area contributed by atoms with Crippen molar-refractivity contribution in [2.24, 2.45) is 12.8 Å². The van der Waals surface area contributed by atoms with Gasteiger partial charge in [-0.25, -0.2) is 13.1 Å². The predicted octanol–water partition coefficient (Wildman–Crippen LogP) is 3.52. The van der Waals surface area contributed by atoms with E-state index < -0.39 is 26.8 Å². The third kappa shape index (κ3) is 5.13. The molecule has 3 aromatic rings. The summed E-state index contributed by atoms with van der Waals surface area (Å²) < 4.78 is 68.1. The minimum atomic E-state index is -4.88. The number of nitrogens with two attached hydrogens (primary N) is 1. The molecule has 1 aliphatic rings. The molecule has 0 bridgehead atoms. The van der Waals surface area contributed by atoms with E-state index >= 15 is 0 Å². The number of halogens is 3. The van der Waals surface area contributed by atoms with E-state index in [2.05, 4.69) is 9.82 Å². The molecule has 1 heterocycles. The van der Waals surface area contributed by atoms with Crippen molar-refractivity contribution in [1.82, 2.24) is 14.5 Å². The molecule has 2 unspecified atom stereocenters. The Labute approximate surface area is 190 Å².